The van der Waals surface area contributed by atoms with Crippen LogP contribution < -0.4 is 10.6 Å². The predicted octanol–water partition coefficient (Wildman–Crippen LogP) is 5.84. The van der Waals surface area contributed by atoms with E-state index < -0.39 is 0 Å². The summed E-state index contributed by atoms with van der Waals surface area (Å²) in [6.07, 6.45) is 0. The number of halogens is 2. The Balaban J connectivity index is 2.01. The Morgan fingerprint density at radius 1 is 0.962 bits per heavy atom. The summed E-state index contributed by atoms with van der Waals surface area (Å²) in [5.41, 5.74) is 1.92. The minimum absolute atomic E-state index is 0.194. The summed E-state index contributed by atoms with van der Waals surface area (Å²) in [6, 6.07) is 16.7. The molecule has 2 N–H and O–H groups in total. The van der Waals surface area contributed by atoms with Crippen molar-refractivity contribution in [3.8, 4) is 11.3 Å². The number of rotatable bonds is 4. The zero-order chi connectivity index (χ0) is 18.7. The summed E-state index contributed by atoms with van der Waals surface area (Å²) in [6.45, 7) is 6.12. The van der Waals surface area contributed by atoms with Gasteiger partial charge in [0.1, 0.15) is 11.6 Å². The van der Waals surface area contributed by atoms with Crippen molar-refractivity contribution in [3.05, 3.63) is 64.0 Å². The molecule has 26 heavy (non-hydrogen) atoms. The highest BCUT2D eigenvalue weighted by Crippen LogP contribution is 2.26. The van der Waals surface area contributed by atoms with Gasteiger partial charge < -0.3 is 10.6 Å². The molecule has 0 unspecified atom stereocenters. The second kappa shape index (κ2) is 7.57. The minimum atomic E-state index is -0.317. The average molecular weight is 462 g/mol. The summed E-state index contributed by atoms with van der Waals surface area (Å²) in [4.78, 5) is 9.11. The zero-order valence-corrected chi connectivity index (χ0v) is 17.0. The van der Waals surface area contributed by atoms with E-state index in [0.717, 1.165) is 14.8 Å². The van der Waals surface area contributed by atoms with Crippen LogP contribution in [0, 0.1) is 9.39 Å². The first-order valence-corrected chi connectivity index (χ1v) is 9.33. The highest BCUT2D eigenvalue weighted by molar-refractivity contribution is 14.1. The SMILES string of the molecule is CC(C)(C)Nc1nc(Nc2ccc(I)cc2F)cc(-c2ccccc2)n1. The van der Waals surface area contributed by atoms with Gasteiger partial charge in [-0.3, -0.25) is 0 Å². The van der Waals surface area contributed by atoms with Crippen LogP contribution in [0.15, 0.2) is 54.6 Å². The van der Waals surface area contributed by atoms with Gasteiger partial charge in [-0.15, -0.1) is 0 Å². The smallest absolute Gasteiger partial charge is 0.225 e. The third-order valence-corrected chi connectivity index (χ3v) is 4.15. The van der Waals surface area contributed by atoms with E-state index in [4.69, 9.17) is 0 Å². The summed E-state index contributed by atoms with van der Waals surface area (Å²) >= 11 is 2.08. The molecule has 1 aromatic heterocycles. The van der Waals surface area contributed by atoms with Gasteiger partial charge in [-0.1, -0.05) is 30.3 Å². The number of aromatic nitrogens is 2. The van der Waals surface area contributed by atoms with E-state index in [0.29, 0.717) is 17.5 Å². The lowest BCUT2D eigenvalue weighted by Gasteiger charge is -2.21. The lowest BCUT2D eigenvalue weighted by Crippen LogP contribution is -2.27. The van der Waals surface area contributed by atoms with Gasteiger partial charge in [0.15, 0.2) is 0 Å². The van der Waals surface area contributed by atoms with E-state index in [1.807, 2.05) is 63.2 Å². The monoisotopic (exact) mass is 462 g/mol. The lowest BCUT2D eigenvalue weighted by molar-refractivity contribution is 0.625. The maximum absolute atomic E-state index is 14.2. The highest BCUT2D eigenvalue weighted by Gasteiger charge is 2.14. The quantitative estimate of drug-likeness (QED) is 0.479. The van der Waals surface area contributed by atoms with Crippen LogP contribution in [0.2, 0.25) is 0 Å². The molecule has 0 saturated carbocycles. The molecule has 0 aliphatic rings. The molecule has 134 valence electrons. The first-order valence-electron chi connectivity index (χ1n) is 8.25. The number of benzene rings is 2. The summed E-state index contributed by atoms with van der Waals surface area (Å²) in [5.74, 6) is 0.708. The molecule has 0 aliphatic heterocycles. The molecule has 1 heterocycles. The van der Waals surface area contributed by atoms with Crippen molar-refractivity contribution in [2.75, 3.05) is 10.6 Å². The van der Waals surface area contributed by atoms with Crippen LogP contribution in [0.3, 0.4) is 0 Å². The third-order valence-electron chi connectivity index (χ3n) is 3.48. The molecular formula is C20H20FIN4. The van der Waals surface area contributed by atoms with Gasteiger partial charge in [0, 0.05) is 20.7 Å². The maximum Gasteiger partial charge on any atom is 0.225 e. The van der Waals surface area contributed by atoms with Crippen molar-refractivity contribution >= 4 is 40.0 Å². The maximum atomic E-state index is 14.2. The van der Waals surface area contributed by atoms with Crippen molar-refractivity contribution in [2.24, 2.45) is 0 Å². The second-order valence-corrected chi connectivity index (χ2v) is 8.20. The molecule has 0 fully saturated rings. The van der Waals surface area contributed by atoms with Crippen molar-refractivity contribution in [2.45, 2.75) is 26.3 Å². The van der Waals surface area contributed by atoms with Crippen LogP contribution in [-0.4, -0.2) is 15.5 Å². The van der Waals surface area contributed by atoms with Gasteiger partial charge in [0.05, 0.1) is 11.4 Å². The Kier molecular flexibility index (Phi) is 5.41. The first-order chi connectivity index (χ1) is 12.3. The van der Waals surface area contributed by atoms with Gasteiger partial charge in [-0.05, 0) is 61.6 Å². The van der Waals surface area contributed by atoms with Gasteiger partial charge in [-0.2, -0.15) is 4.98 Å². The molecule has 0 spiro atoms. The number of hydrogen-bond acceptors (Lipinski definition) is 4. The largest absolute Gasteiger partial charge is 0.350 e. The van der Waals surface area contributed by atoms with E-state index in [9.17, 15) is 4.39 Å². The standard InChI is InChI=1S/C20H20FIN4/c1-20(2,3)26-19-24-17(13-7-5-4-6-8-13)12-18(25-19)23-16-10-9-14(22)11-15(16)21/h4-12H,1-3H3,(H2,23,24,25,26). The molecule has 3 rings (SSSR count). The zero-order valence-electron chi connectivity index (χ0n) is 14.8. The number of nitrogens with zero attached hydrogens (tertiary/aromatic N) is 2. The van der Waals surface area contributed by atoms with Crippen molar-refractivity contribution < 1.29 is 4.39 Å². The number of hydrogen-bond donors (Lipinski definition) is 2. The Morgan fingerprint density at radius 3 is 2.35 bits per heavy atom. The van der Waals surface area contributed by atoms with Crippen LogP contribution in [-0.2, 0) is 0 Å². The van der Waals surface area contributed by atoms with Crippen LogP contribution >= 0.6 is 22.6 Å². The van der Waals surface area contributed by atoms with Gasteiger partial charge in [0.25, 0.3) is 0 Å². The fraction of sp³-hybridized carbons (Fsp3) is 0.200. The molecule has 0 aliphatic carbocycles. The van der Waals surface area contributed by atoms with Crippen molar-refractivity contribution in [1.29, 1.82) is 0 Å². The van der Waals surface area contributed by atoms with Crippen LogP contribution in [0.5, 0.6) is 0 Å². The van der Waals surface area contributed by atoms with Crippen molar-refractivity contribution in [3.63, 3.8) is 0 Å². The second-order valence-electron chi connectivity index (χ2n) is 6.95. The summed E-state index contributed by atoms with van der Waals surface area (Å²) in [5, 5.41) is 6.35. The normalized spacial score (nSPS) is 11.3. The van der Waals surface area contributed by atoms with Gasteiger partial charge in [-0.25, -0.2) is 9.37 Å². The Morgan fingerprint density at radius 2 is 1.69 bits per heavy atom. The van der Waals surface area contributed by atoms with E-state index >= 15 is 0 Å². The Hall–Kier alpha value is -2.22. The van der Waals surface area contributed by atoms with E-state index in [-0.39, 0.29) is 11.4 Å². The molecule has 0 saturated heterocycles. The highest BCUT2D eigenvalue weighted by atomic mass is 127. The molecule has 0 atom stereocenters. The minimum Gasteiger partial charge on any atom is -0.350 e. The van der Waals surface area contributed by atoms with Crippen LogP contribution in [0.4, 0.5) is 21.8 Å². The summed E-state index contributed by atoms with van der Waals surface area (Å²) in [7, 11) is 0. The Bertz CT molecular complexity index is 907. The van der Waals surface area contributed by atoms with Crippen LogP contribution in [0.1, 0.15) is 20.8 Å². The topological polar surface area (TPSA) is 49.8 Å². The fourth-order valence-corrected chi connectivity index (χ4v) is 2.84. The first kappa shape index (κ1) is 18.6. The molecule has 0 amide bonds. The van der Waals surface area contributed by atoms with E-state index in [1.54, 1.807) is 6.07 Å². The van der Waals surface area contributed by atoms with E-state index in [1.165, 1.54) is 6.07 Å². The molecule has 2 aromatic carbocycles. The molecule has 4 nitrogen and oxygen atoms in total. The molecular weight excluding hydrogens is 442 g/mol. The lowest BCUT2D eigenvalue weighted by atomic mass is 10.1. The number of nitrogens with one attached hydrogen (secondary N) is 2. The average Bonchev–Trinajstić information content (AvgIpc) is 2.56. The third kappa shape index (κ3) is 4.91. The van der Waals surface area contributed by atoms with E-state index in [2.05, 4.69) is 43.2 Å². The fourth-order valence-electron chi connectivity index (χ4n) is 2.39. The van der Waals surface area contributed by atoms with Crippen molar-refractivity contribution in [1.82, 2.24) is 9.97 Å². The van der Waals surface area contributed by atoms with Gasteiger partial charge >= 0.3 is 0 Å². The number of anilines is 3. The van der Waals surface area contributed by atoms with Crippen LogP contribution in [0.25, 0.3) is 11.3 Å². The molecule has 6 heteroatoms. The van der Waals surface area contributed by atoms with Gasteiger partial charge in [0.2, 0.25) is 5.95 Å². The summed E-state index contributed by atoms with van der Waals surface area (Å²) < 4.78 is 15.0. The molecule has 0 radical (unpaired) electrons. The Labute approximate surface area is 166 Å². The molecule has 3 aromatic rings. The molecule has 0 bridgehead atoms. The predicted molar refractivity (Wildman–Crippen MR) is 113 cm³/mol.